The van der Waals surface area contributed by atoms with E-state index in [1.807, 2.05) is 13.8 Å². The fraction of sp³-hybridized carbons (Fsp3) is 0.750. The minimum absolute atomic E-state index is 0.168. The quantitative estimate of drug-likeness (QED) is 0.695. The molecule has 18 heavy (non-hydrogen) atoms. The van der Waals surface area contributed by atoms with Crippen LogP contribution in [0.5, 0.6) is 0 Å². The van der Waals surface area contributed by atoms with Gasteiger partial charge in [-0.05, 0) is 12.8 Å². The summed E-state index contributed by atoms with van der Waals surface area (Å²) in [6.07, 6.45) is 0.303. The second-order valence-corrected chi connectivity index (χ2v) is 4.68. The molecule has 104 valence electrons. The summed E-state index contributed by atoms with van der Waals surface area (Å²) >= 11 is 0. The minimum atomic E-state index is -1.05. The topological polar surface area (TPSA) is 86.7 Å². The molecule has 2 amide bonds. The molecule has 0 aromatic rings. The van der Waals surface area contributed by atoms with E-state index in [4.69, 9.17) is 5.11 Å². The van der Waals surface area contributed by atoms with Gasteiger partial charge in [0.25, 0.3) is 0 Å². The molecule has 0 radical (unpaired) electrons. The number of carbonyl (C=O) groups is 3. The zero-order valence-electron chi connectivity index (χ0n) is 11.4. The van der Waals surface area contributed by atoms with Crippen LogP contribution in [0, 0.1) is 5.92 Å². The first-order valence-corrected chi connectivity index (χ1v) is 6.02. The summed E-state index contributed by atoms with van der Waals surface area (Å²) in [5.41, 5.74) is 0. The van der Waals surface area contributed by atoms with Crippen LogP contribution in [-0.2, 0) is 14.4 Å². The molecule has 0 aliphatic heterocycles. The highest BCUT2D eigenvalue weighted by Gasteiger charge is 2.25. The summed E-state index contributed by atoms with van der Waals surface area (Å²) in [5.74, 6) is -1.28. The standard InChI is InChI=1S/C12H22N2O4/c1-8(2)7-11(16)14(9(3)12(17)18)6-5-13-10(4)15/h8-9H,5-7H2,1-4H3,(H,13,15)(H,17,18). The van der Waals surface area contributed by atoms with Gasteiger partial charge in [0.05, 0.1) is 0 Å². The lowest BCUT2D eigenvalue weighted by Gasteiger charge is -2.27. The Balaban J connectivity index is 4.56. The molecule has 0 aromatic heterocycles. The van der Waals surface area contributed by atoms with Crippen molar-refractivity contribution in [2.45, 2.75) is 40.2 Å². The maximum absolute atomic E-state index is 11.9. The third-order valence-corrected chi connectivity index (χ3v) is 2.45. The SMILES string of the molecule is CC(=O)NCCN(C(=O)CC(C)C)C(C)C(=O)O. The first-order valence-electron chi connectivity index (χ1n) is 6.02. The fourth-order valence-electron chi connectivity index (χ4n) is 1.49. The Morgan fingerprint density at radius 1 is 1.22 bits per heavy atom. The summed E-state index contributed by atoms with van der Waals surface area (Å²) in [6.45, 7) is 7.11. The number of carbonyl (C=O) groups excluding carboxylic acids is 2. The summed E-state index contributed by atoms with van der Waals surface area (Å²) in [6, 6.07) is -0.884. The Bertz CT molecular complexity index is 315. The third-order valence-electron chi connectivity index (χ3n) is 2.45. The van der Waals surface area contributed by atoms with E-state index in [9.17, 15) is 14.4 Å². The zero-order valence-corrected chi connectivity index (χ0v) is 11.4. The monoisotopic (exact) mass is 258 g/mol. The molecule has 6 heteroatoms. The molecule has 0 aliphatic carbocycles. The van der Waals surface area contributed by atoms with Gasteiger partial charge in [-0.1, -0.05) is 13.8 Å². The molecule has 0 aliphatic rings. The van der Waals surface area contributed by atoms with Gasteiger partial charge in [-0.2, -0.15) is 0 Å². The lowest BCUT2D eigenvalue weighted by molar-refractivity contribution is -0.149. The second-order valence-electron chi connectivity index (χ2n) is 4.68. The maximum Gasteiger partial charge on any atom is 0.326 e. The summed E-state index contributed by atoms with van der Waals surface area (Å²) < 4.78 is 0. The van der Waals surface area contributed by atoms with Gasteiger partial charge in [0.15, 0.2) is 0 Å². The van der Waals surface area contributed by atoms with Gasteiger partial charge in [0.1, 0.15) is 6.04 Å². The normalized spacial score (nSPS) is 12.1. The molecule has 1 atom stereocenters. The molecule has 0 fully saturated rings. The van der Waals surface area contributed by atoms with Gasteiger partial charge in [-0.25, -0.2) is 4.79 Å². The van der Waals surface area contributed by atoms with E-state index >= 15 is 0 Å². The number of hydrogen-bond donors (Lipinski definition) is 2. The number of nitrogens with zero attached hydrogens (tertiary/aromatic N) is 1. The van der Waals surface area contributed by atoms with E-state index in [0.29, 0.717) is 6.42 Å². The van der Waals surface area contributed by atoms with E-state index in [0.717, 1.165) is 0 Å². The average Bonchev–Trinajstić information content (AvgIpc) is 2.21. The molecule has 0 aromatic carbocycles. The second kappa shape index (κ2) is 7.68. The van der Waals surface area contributed by atoms with Crippen molar-refractivity contribution in [3.63, 3.8) is 0 Å². The van der Waals surface area contributed by atoms with E-state index in [2.05, 4.69) is 5.32 Å². The van der Waals surface area contributed by atoms with Crippen molar-refractivity contribution in [1.29, 1.82) is 0 Å². The Morgan fingerprint density at radius 2 is 1.78 bits per heavy atom. The van der Waals surface area contributed by atoms with Crippen molar-refractivity contribution in [1.82, 2.24) is 10.2 Å². The van der Waals surface area contributed by atoms with Crippen LogP contribution in [0.2, 0.25) is 0 Å². The average molecular weight is 258 g/mol. The van der Waals surface area contributed by atoms with Gasteiger partial charge in [0, 0.05) is 26.4 Å². The van der Waals surface area contributed by atoms with Crippen LogP contribution in [0.4, 0.5) is 0 Å². The number of aliphatic carboxylic acids is 1. The zero-order chi connectivity index (χ0) is 14.3. The first-order chi connectivity index (χ1) is 8.25. The van der Waals surface area contributed by atoms with E-state index in [1.54, 1.807) is 0 Å². The van der Waals surface area contributed by atoms with Crippen molar-refractivity contribution in [2.75, 3.05) is 13.1 Å². The first kappa shape index (κ1) is 16.4. The van der Waals surface area contributed by atoms with E-state index in [-0.39, 0.29) is 30.8 Å². The highest BCUT2D eigenvalue weighted by molar-refractivity contribution is 5.83. The largest absolute Gasteiger partial charge is 0.480 e. The molecule has 0 saturated heterocycles. The molecule has 0 rings (SSSR count). The van der Waals surface area contributed by atoms with Crippen LogP contribution in [-0.4, -0.2) is 46.9 Å². The predicted octanol–water partition coefficient (Wildman–Crippen LogP) is 0.470. The smallest absolute Gasteiger partial charge is 0.326 e. The molecule has 6 nitrogen and oxygen atoms in total. The number of carboxylic acids is 1. The molecule has 0 spiro atoms. The fourth-order valence-corrected chi connectivity index (χ4v) is 1.49. The predicted molar refractivity (Wildman–Crippen MR) is 66.9 cm³/mol. The number of carboxylic acid groups (broad SMARTS) is 1. The number of rotatable bonds is 7. The third kappa shape index (κ3) is 6.22. The van der Waals surface area contributed by atoms with Crippen LogP contribution in [0.25, 0.3) is 0 Å². The Hall–Kier alpha value is -1.59. The Morgan fingerprint density at radius 3 is 2.17 bits per heavy atom. The van der Waals surface area contributed by atoms with Crippen LogP contribution in [0.1, 0.15) is 34.1 Å². The van der Waals surface area contributed by atoms with Gasteiger partial charge in [0.2, 0.25) is 11.8 Å². The lowest BCUT2D eigenvalue weighted by Crippen LogP contribution is -2.47. The number of amides is 2. The Labute approximate surface area is 107 Å². The van der Waals surface area contributed by atoms with Crippen LogP contribution in [0.15, 0.2) is 0 Å². The molecule has 0 heterocycles. The summed E-state index contributed by atoms with van der Waals surface area (Å²) in [7, 11) is 0. The van der Waals surface area contributed by atoms with Crippen LogP contribution >= 0.6 is 0 Å². The van der Waals surface area contributed by atoms with Gasteiger partial charge in [-0.15, -0.1) is 0 Å². The van der Waals surface area contributed by atoms with Gasteiger partial charge in [-0.3, -0.25) is 9.59 Å². The van der Waals surface area contributed by atoms with Crippen molar-refractivity contribution < 1.29 is 19.5 Å². The van der Waals surface area contributed by atoms with E-state index in [1.165, 1.54) is 18.7 Å². The molecule has 0 bridgehead atoms. The molecular weight excluding hydrogens is 236 g/mol. The molecule has 0 saturated carbocycles. The molecule has 2 N–H and O–H groups in total. The van der Waals surface area contributed by atoms with Crippen molar-refractivity contribution >= 4 is 17.8 Å². The molecule has 1 unspecified atom stereocenters. The van der Waals surface area contributed by atoms with Gasteiger partial charge < -0.3 is 15.3 Å². The number of nitrogens with one attached hydrogen (secondary N) is 1. The highest BCUT2D eigenvalue weighted by atomic mass is 16.4. The van der Waals surface area contributed by atoms with Crippen molar-refractivity contribution in [3.8, 4) is 0 Å². The van der Waals surface area contributed by atoms with Crippen molar-refractivity contribution in [3.05, 3.63) is 0 Å². The summed E-state index contributed by atoms with van der Waals surface area (Å²) in [4.78, 5) is 34.9. The number of hydrogen-bond acceptors (Lipinski definition) is 3. The van der Waals surface area contributed by atoms with Crippen molar-refractivity contribution in [2.24, 2.45) is 5.92 Å². The van der Waals surface area contributed by atoms with Crippen LogP contribution < -0.4 is 5.32 Å². The van der Waals surface area contributed by atoms with Crippen LogP contribution in [0.3, 0.4) is 0 Å². The summed E-state index contributed by atoms with van der Waals surface area (Å²) in [5, 5.41) is 11.5. The highest BCUT2D eigenvalue weighted by Crippen LogP contribution is 2.08. The van der Waals surface area contributed by atoms with E-state index < -0.39 is 12.0 Å². The Kier molecular flexibility index (Phi) is 7.00. The molecular formula is C12H22N2O4. The minimum Gasteiger partial charge on any atom is -0.480 e. The van der Waals surface area contributed by atoms with Gasteiger partial charge >= 0.3 is 5.97 Å². The lowest BCUT2D eigenvalue weighted by atomic mass is 10.1. The maximum atomic E-state index is 11.9.